The molecule has 0 bridgehead atoms. The highest BCUT2D eigenvalue weighted by Gasteiger charge is 2.19. The molecule has 6 heteroatoms. The number of rotatable bonds is 4. The van der Waals surface area contributed by atoms with Crippen LogP contribution in [0.15, 0.2) is 150 Å². The second-order valence-electron chi connectivity index (χ2n) is 11.9. The molecule has 0 aliphatic heterocycles. The summed E-state index contributed by atoms with van der Waals surface area (Å²) in [5, 5.41) is 7.77. The van der Waals surface area contributed by atoms with Gasteiger partial charge in [0.05, 0.1) is 10.2 Å². The highest BCUT2D eigenvalue weighted by Crippen LogP contribution is 2.40. The summed E-state index contributed by atoms with van der Waals surface area (Å²) < 4.78 is 7.54. The molecule has 0 saturated heterocycles. The van der Waals surface area contributed by atoms with Crippen molar-refractivity contribution in [3.8, 4) is 44.7 Å². The molecule has 7 aromatic carbocycles. The Labute approximate surface area is 278 Å². The predicted molar refractivity (Wildman–Crippen MR) is 197 cm³/mol. The van der Waals surface area contributed by atoms with Crippen molar-refractivity contribution in [2.24, 2.45) is 0 Å². The van der Waals surface area contributed by atoms with Crippen LogP contribution in [0.3, 0.4) is 0 Å². The molecule has 48 heavy (non-hydrogen) atoms. The van der Waals surface area contributed by atoms with Gasteiger partial charge in [0.2, 0.25) is 0 Å². The number of aromatic nitrogens is 4. The van der Waals surface area contributed by atoms with Crippen molar-refractivity contribution in [2.75, 3.05) is 0 Å². The topological polar surface area (TPSA) is 64.7 Å². The van der Waals surface area contributed by atoms with E-state index in [-0.39, 0.29) is 0 Å². The van der Waals surface area contributed by atoms with Crippen LogP contribution in [0.2, 0.25) is 0 Å². The number of furan rings is 1. The summed E-state index contributed by atoms with van der Waals surface area (Å²) >= 11 is 1.69. The Morgan fingerprint density at radius 1 is 0.438 bits per heavy atom. The first-order chi connectivity index (χ1) is 23.7. The summed E-state index contributed by atoms with van der Waals surface area (Å²) in [7, 11) is 0. The molecule has 0 fully saturated rings. The van der Waals surface area contributed by atoms with Gasteiger partial charge in [0.1, 0.15) is 16.2 Å². The van der Waals surface area contributed by atoms with E-state index in [1.807, 2.05) is 66.7 Å². The Hall–Kier alpha value is -6.24. The predicted octanol–water partition coefficient (Wildman–Crippen LogP) is 11.4. The molecule has 3 aromatic heterocycles. The molecule has 0 N–H and O–H groups in total. The van der Waals surface area contributed by atoms with Crippen molar-refractivity contribution >= 4 is 65.0 Å². The number of benzene rings is 7. The van der Waals surface area contributed by atoms with E-state index in [2.05, 4.69) is 78.9 Å². The molecule has 224 valence electrons. The van der Waals surface area contributed by atoms with E-state index in [4.69, 9.17) is 24.4 Å². The minimum Gasteiger partial charge on any atom is -0.456 e. The highest BCUT2D eigenvalue weighted by atomic mass is 32.1. The average Bonchev–Trinajstić information content (AvgIpc) is 3.74. The average molecular weight is 633 g/mol. The Kier molecular flexibility index (Phi) is 5.98. The molecule has 5 nitrogen and oxygen atoms in total. The normalized spacial score (nSPS) is 11.8. The van der Waals surface area contributed by atoms with Crippen molar-refractivity contribution in [3.05, 3.63) is 146 Å². The number of hydrogen-bond donors (Lipinski definition) is 0. The van der Waals surface area contributed by atoms with Crippen LogP contribution in [-0.4, -0.2) is 19.9 Å². The lowest BCUT2D eigenvalue weighted by atomic mass is 10.00. The first kappa shape index (κ1) is 26.9. The fourth-order valence-electron chi connectivity index (χ4n) is 6.63. The Bertz CT molecular complexity index is 2840. The molecule has 0 aliphatic rings. The van der Waals surface area contributed by atoms with Crippen LogP contribution in [0.4, 0.5) is 0 Å². The fraction of sp³-hybridized carbons (Fsp3) is 0. The molecule has 10 rings (SSSR count). The van der Waals surface area contributed by atoms with Gasteiger partial charge in [0, 0.05) is 39.1 Å². The monoisotopic (exact) mass is 632 g/mol. The molecule has 0 amide bonds. The largest absolute Gasteiger partial charge is 0.456 e. The number of hydrogen-bond acceptors (Lipinski definition) is 6. The third kappa shape index (κ3) is 4.38. The Balaban J connectivity index is 1.18. The van der Waals surface area contributed by atoms with Gasteiger partial charge in [-0.25, -0.2) is 19.9 Å². The quantitative estimate of drug-likeness (QED) is 0.181. The lowest BCUT2D eigenvalue weighted by molar-refractivity contribution is 0.669. The zero-order chi connectivity index (χ0) is 31.6. The molecule has 0 aliphatic carbocycles. The molecule has 0 atom stereocenters. The highest BCUT2D eigenvalue weighted by molar-refractivity contribution is 7.21. The maximum Gasteiger partial charge on any atom is 0.164 e. The zero-order valence-corrected chi connectivity index (χ0v) is 26.3. The van der Waals surface area contributed by atoms with E-state index >= 15 is 0 Å². The van der Waals surface area contributed by atoms with E-state index < -0.39 is 0 Å². The summed E-state index contributed by atoms with van der Waals surface area (Å²) in [6.45, 7) is 0. The standard InChI is InChI=1S/C42H24N4OS/c1-3-11-26(12-4-1)39-44-40(29-20-21-31-28(22-29)19-18-25-10-7-8-15-30(25)31)46-41(45-39)32-16-9-17-35-38(32)33-23-37-34(24-36(33)47-35)43-42(48-37)27-13-5-2-6-14-27/h1-24H. The summed E-state index contributed by atoms with van der Waals surface area (Å²) in [4.78, 5) is 20.2. The van der Waals surface area contributed by atoms with Crippen molar-refractivity contribution < 1.29 is 4.42 Å². The zero-order valence-electron chi connectivity index (χ0n) is 25.5. The van der Waals surface area contributed by atoms with Gasteiger partial charge in [-0.05, 0) is 39.7 Å². The Morgan fingerprint density at radius 2 is 1.15 bits per heavy atom. The summed E-state index contributed by atoms with van der Waals surface area (Å²) in [6, 6.07) is 50.0. The van der Waals surface area contributed by atoms with Crippen molar-refractivity contribution in [3.63, 3.8) is 0 Å². The first-order valence-corrected chi connectivity index (χ1v) is 16.6. The van der Waals surface area contributed by atoms with E-state index in [9.17, 15) is 0 Å². The van der Waals surface area contributed by atoms with E-state index in [0.717, 1.165) is 64.8 Å². The maximum atomic E-state index is 6.44. The second-order valence-corrected chi connectivity index (χ2v) is 12.9. The second kappa shape index (κ2) is 10.7. The third-order valence-corrected chi connectivity index (χ3v) is 10.0. The summed E-state index contributed by atoms with van der Waals surface area (Å²) in [5.74, 6) is 1.84. The van der Waals surface area contributed by atoms with Gasteiger partial charge >= 0.3 is 0 Å². The molecule has 0 saturated carbocycles. The Morgan fingerprint density at radius 3 is 2.00 bits per heavy atom. The molecular formula is C42H24N4OS. The third-order valence-electron chi connectivity index (χ3n) is 8.94. The molecule has 10 aromatic rings. The molecule has 0 spiro atoms. The van der Waals surface area contributed by atoms with Crippen LogP contribution in [-0.2, 0) is 0 Å². The number of fused-ring (bicyclic) bond motifs is 7. The van der Waals surface area contributed by atoms with Crippen LogP contribution in [0.1, 0.15) is 0 Å². The van der Waals surface area contributed by atoms with Crippen LogP contribution < -0.4 is 0 Å². The van der Waals surface area contributed by atoms with E-state index in [1.165, 1.54) is 16.2 Å². The minimum absolute atomic E-state index is 0.597. The van der Waals surface area contributed by atoms with Gasteiger partial charge in [-0.1, -0.05) is 121 Å². The van der Waals surface area contributed by atoms with Crippen LogP contribution in [0.5, 0.6) is 0 Å². The van der Waals surface area contributed by atoms with E-state index in [0.29, 0.717) is 17.5 Å². The number of nitrogens with zero attached hydrogens (tertiary/aromatic N) is 4. The lowest BCUT2D eigenvalue weighted by Gasteiger charge is -2.10. The van der Waals surface area contributed by atoms with Crippen molar-refractivity contribution in [2.45, 2.75) is 0 Å². The van der Waals surface area contributed by atoms with Gasteiger partial charge < -0.3 is 4.42 Å². The van der Waals surface area contributed by atoms with Gasteiger partial charge in [0.25, 0.3) is 0 Å². The SMILES string of the molecule is c1ccc(-c2nc(-c3ccc4c(ccc5ccccc54)c3)nc(-c3cccc4oc5cc6nc(-c7ccccc7)sc6cc5c34)n2)cc1. The van der Waals surface area contributed by atoms with E-state index in [1.54, 1.807) is 11.3 Å². The van der Waals surface area contributed by atoms with Crippen molar-refractivity contribution in [1.82, 2.24) is 19.9 Å². The molecule has 3 heterocycles. The molecule has 0 radical (unpaired) electrons. The van der Waals surface area contributed by atoms with Crippen molar-refractivity contribution in [1.29, 1.82) is 0 Å². The van der Waals surface area contributed by atoms with Gasteiger partial charge in [0.15, 0.2) is 17.5 Å². The fourth-order valence-corrected chi connectivity index (χ4v) is 7.62. The van der Waals surface area contributed by atoms with Gasteiger partial charge in [-0.15, -0.1) is 11.3 Å². The molecular weight excluding hydrogens is 609 g/mol. The first-order valence-electron chi connectivity index (χ1n) is 15.8. The summed E-state index contributed by atoms with van der Waals surface area (Å²) in [5.41, 5.74) is 6.35. The smallest absolute Gasteiger partial charge is 0.164 e. The molecule has 0 unspecified atom stereocenters. The van der Waals surface area contributed by atoms with Crippen LogP contribution in [0, 0.1) is 0 Å². The van der Waals surface area contributed by atoms with Gasteiger partial charge in [-0.2, -0.15) is 0 Å². The van der Waals surface area contributed by atoms with Gasteiger partial charge in [-0.3, -0.25) is 0 Å². The number of thiazole rings is 1. The lowest BCUT2D eigenvalue weighted by Crippen LogP contribution is -2.00. The summed E-state index contributed by atoms with van der Waals surface area (Å²) in [6.07, 6.45) is 0. The maximum absolute atomic E-state index is 6.44. The van der Waals surface area contributed by atoms with Crippen LogP contribution >= 0.6 is 11.3 Å². The van der Waals surface area contributed by atoms with Crippen LogP contribution in [0.25, 0.3) is 98.4 Å². The minimum atomic E-state index is 0.597.